The lowest BCUT2D eigenvalue weighted by Crippen LogP contribution is -2.33. The fraction of sp³-hybridized carbons (Fsp3) is 0.875. The van der Waals surface area contributed by atoms with Crippen LogP contribution in [-0.4, -0.2) is 23.4 Å². The van der Waals surface area contributed by atoms with E-state index >= 15 is 0 Å². The predicted molar refractivity (Wildman–Crippen MR) is 45.6 cm³/mol. The number of hydrogen-bond donors (Lipinski definition) is 2. The summed E-state index contributed by atoms with van der Waals surface area (Å²) < 4.78 is 4.84. The van der Waals surface area contributed by atoms with E-state index < -0.39 is 11.7 Å². The van der Waals surface area contributed by atoms with Crippen LogP contribution in [0, 0.1) is 5.92 Å². The third kappa shape index (κ3) is 4.96. The molecular weight excluding hydrogens is 158 g/mol. The molecule has 0 aromatic rings. The lowest BCUT2D eigenvalue weighted by Gasteiger charge is -2.26. The van der Waals surface area contributed by atoms with Crippen LogP contribution in [0.3, 0.4) is 0 Å². The van der Waals surface area contributed by atoms with E-state index in [-0.39, 0.29) is 12.5 Å². The Hall–Kier alpha value is -0.770. The number of hydrogen-bond acceptors (Lipinski definition) is 3. The monoisotopic (exact) mass is 175 g/mol. The minimum atomic E-state index is -0.773. The zero-order valence-corrected chi connectivity index (χ0v) is 7.83. The minimum absolute atomic E-state index is 0.0888. The first-order chi connectivity index (χ1) is 5.37. The molecule has 0 rings (SSSR count). The third-order valence-electron chi connectivity index (χ3n) is 1.53. The highest BCUT2D eigenvalue weighted by atomic mass is 16.6. The van der Waals surface area contributed by atoms with Gasteiger partial charge >= 0.3 is 6.09 Å². The van der Waals surface area contributed by atoms with Crippen LogP contribution in [-0.2, 0) is 4.74 Å². The second-order valence-electron chi connectivity index (χ2n) is 3.67. The van der Waals surface area contributed by atoms with E-state index in [1.165, 1.54) is 0 Å². The van der Waals surface area contributed by atoms with Gasteiger partial charge in [-0.05, 0) is 26.2 Å². The number of aliphatic hydroxyl groups is 1. The molecule has 0 bridgehead atoms. The molecule has 0 aromatic carbocycles. The highest BCUT2D eigenvalue weighted by Gasteiger charge is 2.23. The fourth-order valence-corrected chi connectivity index (χ4v) is 1.22. The van der Waals surface area contributed by atoms with Crippen molar-refractivity contribution < 1.29 is 14.6 Å². The Morgan fingerprint density at radius 1 is 1.67 bits per heavy atom. The topological polar surface area (TPSA) is 72.6 Å². The van der Waals surface area contributed by atoms with Crippen molar-refractivity contribution in [2.24, 2.45) is 11.7 Å². The molecule has 0 fully saturated rings. The summed E-state index contributed by atoms with van der Waals surface area (Å²) in [6.45, 7) is 5.51. The highest BCUT2D eigenvalue weighted by molar-refractivity contribution is 5.65. The number of ether oxygens (including phenoxy) is 1. The predicted octanol–water partition coefficient (Wildman–Crippen LogP) is 0.879. The third-order valence-corrected chi connectivity index (χ3v) is 1.53. The molecule has 0 heterocycles. The molecule has 0 aliphatic heterocycles. The zero-order valence-electron chi connectivity index (χ0n) is 7.83. The highest BCUT2D eigenvalue weighted by Crippen LogP contribution is 2.19. The molecule has 4 heteroatoms. The maximum Gasteiger partial charge on any atom is 0.405 e. The van der Waals surface area contributed by atoms with Gasteiger partial charge in [-0.3, -0.25) is 0 Å². The summed E-state index contributed by atoms with van der Waals surface area (Å²) in [4.78, 5) is 10.4. The van der Waals surface area contributed by atoms with Crippen molar-refractivity contribution in [3.8, 4) is 0 Å². The van der Waals surface area contributed by atoms with Gasteiger partial charge in [0.1, 0.15) is 5.60 Å². The quantitative estimate of drug-likeness (QED) is 0.666. The van der Waals surface area contributed by atoms with Gasteiger partial charge in [0.2, 0.25) is 0 Å². The Morgan fingerprint density at radius 3 is 2.50 bits per heavy atom. The van der Waals surface area contributed by atoms with Gasteiger partial charge in [0.15, 0.2) is 0 Å². The first kappa shape index (κ1) is 11.2. The molecule has 0 saturated heterocycles. The lowest BCUT2D eigenvalue weighted by molar-refractivity contribution is 0.0212. The maximum absolute atomic E-state index is 10.4. The largest absolute Gasteiger partial charge is 0.444 e. The van der Waals surface area contributed by atoms with Crippen molar-refractivity contribution in [1.29, 1.82) is 0 Å². The van der Waals surface area contributed by atoms with Crippen molar-refractivity contribution in [3.05, 3.63) is 0 Å². The number of carbonyl (C=O) groups is 1. The summed E-state index contributed by atoms with van der Waals surface area (Å²) in [5.41, 5.74) is 4.28. The molecule has 0 spiro atoms. The smallest absolute Gasteiger partial charge is 0.405 e. The number of nitrogens with two attached hydrogens (primary N) is 1. The Balaban J connectivity index is 3.94. The van der Waals surface area contributed by atoms with Crippen molar-refractivity contribution in [1.82, 2.24) is 0 Å². The summed E-state index contributed by atoms with van der Waals surface area (Å²) in [5.74, 6) is 0.111. The second-order valence-corrected chi connectivity index (χ2v) is 3.67. The van der Waals surface area contributed by atoms with E-state index in [0.29, 0.717) is 6.42 Å². The van der Waals surface area contributed by atoms with Gasteiger partial charge < -0.3 is 15.6 Å². The van der Waals surface area contributed by atoms with E-state index in [1.54, 1.807) is 13.8 Å². The van der Waals surface area contributed by atoms with Gasteiger partial charge in [-0.1, -0.05) is 6.92 Å². The molecule has 0 saturated carbocycles. The molecular formula is C8H17NO3. The summed E-state index contributed by atoms with van der Waals surface area (Å²) >= 11 is 0. The van der Waals surface area contributed by atoms with Gasteiger partial charge in [0.05, 0.1) is 0 Å². The van der Waals surface area contributed by atoms with Crippen LogP contribution in [0.2, 0.25) is 0 Å². The molecule has 1 atom stereocenters. The normalized spacial score (nSPS) is 14.0. The van der Waals surface area contributed by atoms with Gasteiger partial charge in [0.25, 0.3) is 0 Å². The Bertz CT molecular complexity index is 156. The van der Waals surface area contributed by atoms with Crippen molar-refractivity contribution >= 4 is 6.09 Å². The summed E-state index contributed by atoms with van der Waals surface area (Å²) in [6, 6.07) is 0. The van der Waals surface area contributed by atoms with E-state index in [2.05, 4.69) is 0 Å². The van der Waals surface area contributed by atoms with Crippen LogP contribution < -0.4 is 5.73 Å². The first-order valence-electron chi connectivity index (χ1n) is 3.96. The summed E-state index contributed by atoms with van der Waals surface area (Å²) in [6.07, 6.45) is -0.169. The molecule has 12 heavy (non-hydrogen) atoms. The fourth-order valence-electron chi connectivity index (χ4n) is 1.22. The average Bonchev–Trinajstić information content (AvgIpc) is 1.83. The van der Waals surface area contributed by atoms with Crippen LogP contribution in [0.1, 0.15) is 27.2 Å². The van der Waals surface area contributed by atoms with Crippen LogP contribution in [0.5, 0.6) is 0 Å². The molecule has 0 radical (unpaired) electrons. The van der Waals surface area contributed by atoms with E-state index in [0.717, 1.165) is 0 Å². The van der Waals surface area contributed by atoms with E-state index in [9.17, 15) is 4.79 Å². The Morgan fingerprint density at radius 2 is 2.17 bits per heavy atom. The van der Waals surface area contributed by atoms with E-state index in [1.807, 2.05) is 6.92 Å². The van der Waals surface area contributed by atoms with Crippen molar-refractivity contribution in [2.75, 3.05) is 6.61 Å². The number of amides is 1. The van der Waals surface area contributed by atoms with E-state index in [4.69, 9.17) is 15.6 Å². The van der Waals surface area contributed by atoms with Gasteiger partial charge in [-0.25, -0.2) is 4.79 Å². The Kier molecular flexibility index (Phi) is 4.03. The lowest BCUT2D eigenvalue weighted by atomic mass is 9.95. The van der Waals surface area contributed by atoms with Crippen LogP contribution in [0.15, 0.2) is 0 Å². The van der Waals surface area contributed by atoms with Gasteiger partial charge in [-0.15, -0.1) is 0 Å². The molecule has 72 valence electrons. The maximum atomic E-state index is 10.4. The summed E-state index contributed by atoms with van der Waals surface area (Å²) in [7, 11) is 0. The molecule has 3 N–H and O–H groups in total. The van der Waals surface area contributed by atoms with Crippen LogP contribution in [0.25, 0.3) is 0 Å². The minimum Gasteiger partial charge on any atom is -0.444 e. The van der Waals surface area contributed by atoms with Crippen LogP contribution in [0.4, 0.5) is 4.79 Å². The number of primary amides is 1. The second kappa shape index (κ2) is 4.30. The molecule has 4 nitrogen and oxygen atoms in total. The van der Waals surface area contributed by atoms with Crippen molar-refractivity contribution in [2.45, 2.75) is 32.8 Å². The standard InChI is InChI=1S/C8H17NO3/c1-6(5-10)4-8(2,3)12-7(9)11/h6,10H,4-5H2,1-3H3,(H2,9,11)/t6-/m0/s1. The molecule has 0 aliphatic carbocycles. The SMILES string of the molecule is C[C@H](CO)CC(C)(C)OC(N)=O. The number of rotatable bonds is 4. The molecule has 1 amide bonds. The summed E-state index contributed by atoms with van der Waals surface area (Å²) in [5, 5.41) is 8.76. The molecule has 0 aliphatic rings. The number of carbonyl (C=O) groups excluding carboxylic acids is 1. The van der Waals surface area contributed by atoms with Crippen LogP contribution >= 0.6 is 0 Å². The van der Waals surface area contributed by atoms with Crippen molar-refractivity contribution in [3.63, 3.8) is 0 Å². The molecule has 0 unspecified atom stereocenters. The zero-order chi connectivity index (χ0) is 9.78. The number of aliphatic hydroxyl groups excluding tert-OH is 1. The molecule has 0 aromatic heterocycles. The average molecular weight is 175 g/mol. The van der Waals surface area contributed by atoms with Gasteiger partial charge in [0, 0.05) is 6.61 Å². The first-order valence-corrected chi connectivity index (χ1v) is 3.96. The Labute approximate surface area is 72.7 Å². The van der Waals surface area contributed by atoms with Gasteiger partial charge in [-0.2, -0.15) is 0 Å².